The van der Waals surface area contributed by atoms with Gasteiger partial charge in [-0.25, -0.2) is 4.39 Å². The van der Waals surface area contributed by atoms with Gasteiger partial charge < -0.3 is 10.2 Å². The van der Waals surface area contributed by atoms with Gasteiger partial charge in [0, 0.05) is 49.4 Å². The van der Waals surface area contributed by atoms with Crippen molar-refractivity contribution in [2.75, 3.05) is 25.0 Å². The van der Waals surface area contributed by atoms with Crippen molar-refractivity contribution in [1.29, 1.82) is 5.26 Å². The fourth-order valence-corrected chi connectivity index (χ4v) is 5.26. The Balaban J connectivity index is 1.44. The first kappa shape index (κ1) is 24.9. The molecular formula is C28H33FN4O2. The number of carbonyl (C=O) groups excluding carboxylic acids is 2. The van der Waals surface area contributed by atoms with E-state index >= 15 is 0 Å². The van der Waals surface area contributed by atoms with Crippen LogP contribution in [0.4, 0.5) is 10.1 Å². The smallest absolute Gasteiger partial charge is 0.255 e. The maximum atomic E-state index is 14.5. The van der Waals surface area contributed by atoms with Gasteiger partial charge in [-0.2, -0.15) is 5.26 Å². The summed E-state index contributed by atoms with van der Waals surface area (Å²) >= 11 is 0. The average molecular weight is 477 g/mol. The number of nitrogens with zero attached hydrogens (tertiary/aromatic N) is 3. The van der Waals surface area contributed by atoms with E-state index in [2.05, 4.69) is 23.2 Å². The van der Waals surface area contributed by atoms with Crippen LogP contribution in [0.1, 0.15) is 65.2 Å². The van der Waals surface area contributed by atoms with Crippen LogP contribution in [0.15, 0.2) is 30.3 Å². The molecule has 2 amide bonds. The van der Waals surface area contributed by atoms with Crippen molar-refractivity contribution in [3.8, 4) is 6.07 Å². The predicted octanol–water partition coefficient (Wildman–Crippen LogP) is 4.79. The zero-order valence-electron chi connectivity index (χ0n) is 20.7. The number of hydrogen-bond donors (Lipinski definition) is 1. The Morgan fingerprint density at radius 2 is 1.89 bits per heavy atom. The molecule has 1 atom stereocenters. The van der Waals surface area contributed by atoms with Crippen molar-refractivity contribution < 1.29 is 14.0 Å². The number of hydrogen-bond acceptors (Lipinski definition) is 4. The Hall–Kier alpha value is -3.24. The summed E-state index contributed by atoms with van der Waals surface area (Å²) in [6.45, 7) is 8.48. The van der Waals surface area contributed by atoms with E-state index in [4.69, 9.17) is 0 Å². The number of nitriles is 1. The van der Waals surface area contributed by atoms with Crippen LogP contribution in [0, 0.1) is 36.9 Å². The minimum Gasteiger partial charge on any atom is -0.337 e. The fraction of sp³-hybridized carbons (Fsp3) is 0.464. The van der Waals surface area contributed by atoms with Gasteiger partial charge in [-0.15, -0.1) is 0 Å². The van der Waals surface area contributed by atoms with E-state index < -0.39 is 5.82 Å². The van der Waals surface area contributed by atoms with E-state index in [0.29, 0.717) is 29.9 Å². The van der Waals surface area contributed by atoms with Crippen molar-refractivity contribution in [3.63, 3.8) is 0 Å². The molecule has 1 saturated carbocycles. The summed E-state index contributed by atoms with van der Waals surface area (Å²) in [5.41, 5.74) is 3.64. The monoisotopic (exact) mass is 476 g/mol. The Kier molecular flexibility index (Phi) is 7.51. The van der Waals surface area contributed by atoms with Crippen LogP contribution in [-0.4, -0.2) is 47.3 Å². The molecule has 0 radical (unpaired) electrons. The number of halogens is 1. The van der Waals surface area contributed by atoms with Crippen LogP contribution >= 0.6 is 0 Å². The molecule has 2 aliphatic rings. The maximum Gasteiger partial charge on any atom is 0.255 e. The molecule has 1 aliphatic heterocycles. The van der Waals surface area contributed by atoms with Crippen molar-refractivity contribution >= 4 is 17.5 Å². The average Bonchev–Trinajstić information content (AvgIpc) is 3.37. The Morgan fingerprint density at radius 3 is 2.57 bits per heavy atom. The summed E-state index contributed by atoms with van der Waals surface area (Å²) in [7, 11) is 0. The van der Waals surface area contributed by atoms with Crippen LogP contribution in [0.25, 0.3) is 0 Å². The highest BCUT2D eigenvalue weighted by molar-refractivity contribution is 6.05. The summed E-state index contributed by atoms with van der Waals surface area (Å²) in [6.07, 6.45) is 4.30. The third-order valence-electron chi connectivity index (χ3n) is 7.44. The van der Waals surface area contributed by atoms with Gasteiger partial charge >= 0.3 is 0 Å². The second kappa shape index (κ2) is 10.6. The molecule has 1 saturated heterocycles. The predicted molar refractivity (Wildman–Crippen MR) is 133 cm³/mol. The van der Waals surface area contributed by atoms with Crippen LogP contribution in [0.3, 0.4) is 0 Å². The number of amides is 2. The fourth-order valence-electron chi connectivity index (χ4n) is 5.26. The summed E-state index contributed by atoms with van der Waals surface area (Å²) in [5.74, 6) is -0.324. The SMILES string of the molecule is Cc1ccc(C(=O)Nc2cc(F)cc(CN3CCN(C(=O)C4CCCC4)C(C)C3)c2C)cc1C#N. The van der Waals surface area contributed by atoms with Crippen LogP contribution in [0.2, 0.25) is 0 Å². The van der Waals surface area contributed by atoms with E-state index in [1.165, 1.54) is 12.1 Å². The summed E-state index contributed by atoms with van der Waals surface area (Å²) in [4.78, 5) is 30.0. The largest absolute Gasteiger partial charge is 0.337 e. The molecule has 7 heteroatoms. The number of piperazine rings is 1. The van der Waals surface area contributed by atoms with Gasteiger partial charge in [-0.05, 0) is 74.6 Å². The number of benzene rings is 2. The summed E-state index contributed by atoms with van der Waals surface area (Å²) in [6, 6.07) is 9.99. The first-order chi connectivity index (χ1) is 16.8. The lowest BCUT2D eigenvalue weighted by Crippen LogP contribution is -2.54. The van der Waals surface area contributed by atoms with Gasteiger partial charge in [0.15, 0.2) is 0 Å². The summed E-state index contributed by atoms with van der Waals surface area (Å²) in [5, 5.41) is 12.1. The minimum absolute atomic E-state index is 0.112. The maximum absolute atomic E-state index is 14.5. The highest BCUT2D eigenvalue weighted by Gasteiger charge is 2.33. The number of nitrogens with one attached hydrogen (secondary N) is 1. The first-order valence-electron chi connectivity index (χ1n) is 12.4. The van der Waals surface area contributed by atoms with Gasteiger partial charge in [0.25, 0.3) is 5.91 Å². The second-order valence-corrected chi connectivity index (χ2v) is 9.93. The Labute approximate surface area is 206 Å². The molecule has 0 aromatic heterocycles. The molecule has 2 aromatic rings. The molecule has 0 spiro atoms. The molecule has 2 fully saturated rings. The van der Waals surface area contributed by atoms with E-state index in [9.17, 15) is 19.2 Å². The van der Waals surface area contributed by atoms with Crippen molar-refractivity contribution in [3.05, 3.63) is 64.0 Å². The van der Waals surface area contributed by atoms with Crippen molar-refractivity contribution in [2.45, 2.75) is 59.0 Å². The Morgan fingerprint density at radius 1 is 1.14 bits per heavy atom. The van der Waals surface area contributed by atoms with E-state index in [0.717, 1.165) is 55.5 Å². The molecule has 6 nitrogen and oxygen atoms in total. The number of anilines is 1. The summed E-state index contributed by atoms with van der Waals surface area (Å²) < 4.78 is 14.5. The van der Waals surface area contributed by atoms with Gasteiger partial charge in [-0.3, -0.25) is 14.5 Å². The third-order valence-corrected chi connectivity index (χ3v) is 7.44. The molecule has 184 valence electrons. The molecule has 4 rings (SSSR count). The van der Waals surface area contributed by atoms with E-state index in [-0.39, 0.29) is 23.8 Å². The molecule has 1 unspecified atom stereocenters. The first-order valence-corrected chi connectivity index (χ1v) is 12.4. The molecule has 35 heavy (non-hydrogen) atoms. The molecule has 2 aromatic carbocycles. The normalized spacial score (nSPS) is 18.9. The Bertz CT molecular complexity index is 1170. The van der Waals surface area contributed by atoms with E-state index in [1.807, 2.05) is 18.7 Å². The van der Waals surface area contributed by atoms with Crippen LogP contribution in [0.5, 0.6) is 0 Å². The lowest BCUT2D eigenvalue weighted by molar-refractivity contribution is -0.140. The highest BCUT2D eigenvalue weighted by atomic mass is 19.1. The molecule has 1 N–H and O–H groups in total. The standard InChI is InChI=1S/C28H33FN4O2/c1-18-8-9-22(12-23(18)15-30)27(34)31-26-14-25(29)13-24(20(26)3)17-32-10-11-33(19(2)16-32)28(35)21-6-4-5-7-21/h8-9,12-14,19,21H,4-7,10-11,16-17H2,1-3H3,(H,31,34). The lowest BCUT2D eigenvalue weighted by Gasteiger charge is -2.41. The zero-order valence-corrected chi connectivity index (χ0v) is 20.7. The third kappa shape index (κ3) is 5.54. The van der Waals surface area contributed by atoms with E-state index in [1.54, 1.807) is 18.2 Å². The second-order valence-electron chi connectivity index (χ2n) is 9.93. The topological polar surface area (TPSA) is 76.4 Å². The van der Waals surface area contributed by atoms with Gasteiger partial charge in [0.1, 0.15) is 5.82 Å². The van der Waals surface area contributed by atoms with Crippen molar-refractivity contribution in [1.82, 2.24) is 9.80 Å². The number of carbonyl (C=O) groups is 2. The van der Waals surface area contributed by atoms with Crippen LogP contribution < -0.4 is 5.32 Å². The van der Waals surface area contributed by atoms with Gasteiger partial charge in [-0.1, -0.05) is 18.9 Å². The van der Waals surface area contributed by atoms with Crippen molar-refractivity contribution in [2.24, 2.45) is 5.92 Å². The quantitative estimate of drug-likeness (QED) is 0.673. The minimum atomic E-state index is -0.411. The zero-order chi connectivity index (χ0) is 25.1. The number of aryl methyl sites for hydroxylation is 1. The molecular weight excluding hydrogens is 443 g/mol. The molecule has 1 heterocycles. The van der Waals surface area contributed by atoms with Gasteiger partial charge in [0.05, 0.1) is 11.6 Å². The molecule has 1 aliphatic carbocycles. The lowest BCUT2D eigenvalue weighted by atomic mass is 10.0. The van der Waals surface area contributed by atoms with Crippen LogP contribution in [-0.2, 0) is 11.3 Å². The molecule has 0 bridgehead atoms. The van der Waals surface area contributed by atoms with Gasteiger partial charge in [0.2, 0.25) is 5.91 Å². The highest BCUT2D eigenvalue weighted by Crippen LogP contribution is 2.29. The number of rotatable bonds is 5.